The van der Waals surface area contributed by atoms with Gasteiger partial charge in [0.25, 0.3) is 0 Å². The third-order valence-electron chi connectivity index (χ3n) is 4.30. The molecule has 0 unspecified atom stereocenters. The van der Waals surface area contributed by atoms with Crippen LogP contribution in [0, 0.1) is 19.8 Å². The van der Waals surface area contributed by atoms with E-state index in [0.29, 0.717) is 0 Å². The third-order valence-corrected chi connectivity index (χ3v) is 4.30. The Labute approximate surface area is 111 Å². The molecule has 0 saturated carbocycles. The first kappa shape index (κ1) is 13.6. The zero-order chi connectivity index (χ0) is 13.0. The summed E-state index contributed by atoms with van der Waals surface area (Å²) in [6, 6.07) is 6.59. The Morgan fingerprint density at radius 3 is 2.67 bits per heavy atom. The van der Waals surface area contributed by atoms with Crippen LogP contribution in [0.15, 0.2) is 18.2 Å². The van der Waals surface area contributed by atoms with Crippen molar-refractivity contribution in [2.75, 3.05) is 26.7 Å². The van der Waals surface area contributed by atoms with Crippen LogP contribution in [0.1, 0.15) is 29.5 Å². The number of rotatable bonds is 4. The summed E-state index contributed by atoms with van der Waals surface area (Å²) in [7, 11) is 2.22. The second-order valence-corrected chi connectivity index (χ2v) is 5.74. The van der Waals surface area contributed by atoms with Gasteiger partial charge >= 0.3 is 0 Å². The first-order valence-electron chi connectivity index (χ1n) is 7.11. The highest BCUT2D eigenvalue weighted by Gasteiger charge is 2.15. The molecule has 1 aromatic rings. The van der Waals surface area contributed by atoms with Gasteiger partial charge in [0.2, 0.25) is 0 Å². The Morgan fingerprint density at radius 2 is 1.94 bits per heavy atom. The molecule has 100 valence electrons. The van der Waals surface area contributed by atoms with E-state index in [2.05, 4.69) is 49.3 Å². The number of likely N-dealkylation sites (tertiary alicyclic amines) is 1. The zero-order valence-corrected chi connectivity index (χ0v) is 12.0. The summed E-state index contributed by atoms with van der Waals surface area (Å²) in [5.41, 5.74) is 4.28. The van der Waals surface area contributed by atoms with Crippen LogP contribution in [0.25, 0.3) is 0 Å². The number of nitrogens with zero attached hydrogens (tertiary/aromatic N) is 1. The van der Waals surface area contributed by atoms with Gasteiger partial charge in [-0.25, -0.2) is 0 Å². The van der Waals surface area contributed by atoms with Crippen LogP contribution in [0.3, 0.4) is 0 Å². The summed E-state index contributed by atoms with van der Waals surface area (Å²) in [4.78, 5) is 2.43. The Morgan fingerprint density at radius 1 is 1.22 bits per heavy atom. The fraction of sp³-hybridized carbons (Fsp3) is 0.625. The molecule has 2 nitrogen and oxygen atoms in total. The largest absolute Gasteiger partial charge is 0.312 e. The maximum Gasteiger partial charge on any atom is 0.0208 e. The van der Waals surface area contributed by atoms with Gasteiger partial charge in [0, 0.05) is 6.54 Å². The fourth-order valence-electron chi connectivity index (χ4n) is 2.68. The molecule has 0 aliphatic carbocycles. The van der Waals surface area contributed by atoms with Gasteiger partial charge < -0.3 is 10.2 Å². The van der Waals surface area contributed by atoms with Crippen LogP contribution >= 0.6 is 0 Å². The molecule has 0 bridgehead atoms. The first-order chi connectivity index (χ1) is 8.66. The molecule has 0 atom stereocenters. The molecule has 1 aliphatic rings. The Kier molecular flexibility index (Phi) is 4.79. The summed E-state index contributed by atoms with van der Waals surface area (Å²) in [5.74, 6) is 0.867. The molecule has 1 aromatic carbocycles. The van der Waals surface area contributed by atoms with Gasteiger partial charge in [-0.15, -0.1) is 0 Å². The summed E-state index contributed by atoms with van der Waals surface area (Å²) in [6.45, 7) is 9.12. The van der Waals surface area contributed by atoms with Crippen LogP contribution in [0.4, 0.5) is 0 Å². The number of aryl methyl sites for hydroxylation is 1. The lowest BCUT2D eigenvalue weighted by atomic mass is 9.97. The van der Waals surface area contributed by atoms with Gasteiger partial charge in [0.1, 0.15) is 0 Å². The summed E-state index contributed by atoms with van der Waals surface area (Å²) >= 11 is 0. The lowest BCUT2D eigenvalue weighted by Gasteiger charge is -2.29. The molecule has 18 heavy (non-hydrogen) atoms. The van der Waals surface area contributed by atoms with Crippen molar-refractivity contribution in [1.82, 2.24) is 10.2 Å². The van der Waals surface area contributed by atoms with Gasteiger partial charge in [0.15, 0.2) is 0 Å². The molecule has 1 fully saturated rings. The second-order valence-electron chi connectivity index (χ2n) is 5.74. The van der Waals surface area contributed by atoms with E-state index in [1.54, 1.807) is 0 Å². The van der Waals surface area contributed by atoms with Crippen LogP contribution in [0.5, 0.6) is 0 Å². The van der Waals surface area contributed by atoms with Crippen LogP contribution in [-0.2, 0) is 6.54 Å². The predicted octanol–water partition coefficient (Wildman–Crippen LogP) is 2.73. The number of hydrogen-bond donors (Lipinski definition) is 1. The van der Waals surface area contributed by atoms with Crippen molar-refractivity contribution in [2.45, 2.75) is 33.2 Å². The van der Waals surface area contributed by atoms with Crippen LogP contribution < -0.4 is 5.32 Å². The standard InChI is InChI=1S/C16H26N2/c1-13-5-4-6-16(14(13)2)12-17-11-15-7-9-18(3)10-8-15/h4-6,15,17H,7-12H2,1-3H3. The van der Waals surface area contributed by atoms with Crippen molar-refractivity contribution in [3.8, 4) is 0 Å². The van der Waals surface area contributed by atoms with E-state index in [9.17, 15) is 0 Å². The van der Waals surface area contributed by atoms with E-state index in [1.807, 2.05) is 0 Å². The number of nitrogens with one attached hydrogen (secondary N) is 1. The molecule has 1 N–H and O–H groups in total. The van der Waals surface area contributed by atoms with Gasteiger partial charge in [-0.05, 0) is 76.0 Å². The first-order valence-corrected chi connectivity index (χ1v) is 7.11. The maximum absolute atomic E-state index is 3.64. The topological polar surface area (TPSA) is 15.3 Å². The molecular weight excluding hydrogens is 220 g/mol. The van der Waals surface area contributed by atoms with Crippen molar-refractivity contribution < 1.29 is 0 Å². The maximum atomic E-state index is 3.64. The molecule has 1 aliphatic heterocycles. The molecule has 0 radical (unpaired) electrons. The van der Waals surface area contributed by atoms with Crippen molar-refractivity contribution in [1.29, 1.82) is 0 Å². The molecule has 2 heteroatoms. The minimum absolute atomic E-state index is 0.867. The monoisotopic (exact) mass is 246 g/mol. The minimum Gasteiger partial charge on any atom is -0.312 e. The highest BCUT2D eigenvalue weighted by molar-refractivity contribution is 5.32. The van der Waals surface area contributed by atoms with E-state index in [4.69, 9.17) is 0 Å². The quantitative estimate of drug-likeness (QED) is 0.879. The second kappa shape index (κ2) is 6.35. The molecule has 0 amide bonds. The molecule has 0 spiro atoms. The predicted molar refractivity (Wildman–Crippen MR) is 77.8 cm³/mol. The molecular formula is C16H26N2. The van der Waals surface area contributed by atoms with Crippen molar-refractivity contribution in [3.05, 3.63) is 34.9 Å². The number of piperidine rings is 1. The Bertz CT molecular complexity index is 379. The highest BCUT2D eigenvalue weighted by atomic mass is 15.1. The van der Waals surface area contributed by atoms with Gasteiger partial charge in [0.05, 0.1) is 0 Å². The van der Waals surface area contributed by atoms with E-state index in [0.717, 1.165) is 12.5 Å². The van der Waals surface area contributed by atoms with E-state index in [1.165, 1.54) is 49.2 Å². The minimum atomic E-state index is 0.867. The number of benzene rings is 1. The van der Waals surface area contributed by atoms with Crippen molar-refractivity contribution >= 4 is 0 Å². The Hall–Kier alpha value is -0.860. The fourth-order valence-corrected chi connectivity index (χ4v) is 2.68. The van der Waals surface area contributed by atoms with Gasteiger partial charge in [-0.1, -0.05) is 18.2 Å². The van der Waals surface area contributed by atoms with Gasteiger partial charge in [-0.2, -0.15) is 0 Å². The van der Waals surface area contributed by atoms with E-state index < -0.39 is 0 Å². The normalized spacial score (nSPS) is 18.2. The molecule has 1 saturated heterocycles. The van der Waals surface area contributed by atoms with Crippen LogP contribution in [0.2, 0.25) is 0 Å². The molecule has 0 aromatic heterocycles. The van der Waals surface area contributed by atoms with Crippen molar-refractivity contribution in [2.24, 2.45) is 5.92 Å². The smallest absolute Gasteiger partial charge is 0.0208 e. The molecule has 2 rings (SSSR count). The number of hydrogen-bond acceptors (Lipinski definition) is 2. The summed E-state index contributed by atoms with van der Waals surface area (Å²) in [5, 5.41) is 3.64. The van der Waals surface area contributed by atoms with E-state index in [-0.39, 0.29) is 0 Å². The Balaban J connectivity index is 1.77. The highest BCUT2D eigenvalue weighted by Crippen LogP contribution is 2.16. The zero-order valence-electron chi connectivity index (χ0n) is 12.0. The summed E-state index contributed by atoms with van der Waals surface area (Å²) < 4.78 is 0. The third kappa shape index (κ3) is 3.56. The average molecular weight is 246 g/mol. The summed E-state index contributed by atoms with van der Waals surface area (Å²) in [6.07, 6.45) is 2.69. The van der Waals surface area contributed by atoms with Gasteiger partial charge in [-0.3, -0.25) is 0 Å². The SMILES string of the molecule is Cc1cccc(CNCC2CCN(C)CC2)c1C. The molecule has 1 heterocycles. The average Bonchev–Trinajstić information content (AvgIpc) is 2.37. The van der Waals surface area contributed by atoms with E-state index >= 15 is 0 Å². The lowest BCUT2D eigenvalue weighted by Crippen LogP contribution is -2.34. The van der Waals surface area contributed by atoms with Crippen molar-refractivity contribution in [3.63, 3.8) is 0 Å². The van der Waals surface area contributed by atoms with Crippen LogP contribution in [-0.4, -0.2) is 31.6 Å². The lowest BCUT2D eigenvalue weighted by molar-refractivity contribution is 0.216.